The molecule has 502 valence electrons. The molecule has 8 N–H and O–H groups in total. The molecule has 24 nitrogen and oxygen atoms in total. The second-order valence-corrected chi connectivity index (χ2v) is 22.1. The van der Waals surface area contributed by atoms with Crippen molar-refractivity contribution in [3.05, 3.63) is 95.6 Å². The minimum absolute atomic E-state index is 0.0148. The van der Waals surface area contributed by atoms with E-state index < -0.39 is 90.8 Å². The number of benzene rings is 3. The second-order valence-electron chi connectivity index (χ2n) is 22.1. The van der Waals surface area contributed by atoms with Gasteiger partial charge in [-0.05, 0) is 105 Å². The van der Waals surface area contributed by atoms with Gasteiger partial charge in [-0.1, -0.05) is 125 Å². The Balaban J connectivity index is 1.30. The van der Waals surface area contributed by atoms with Crippen LogP contribution in [0.5, 0.6) is 0 Å². The molecule has 0 aliphatic heterocycles. The van der Waals surface area contributed by atoms with Gasteiger partial charge in [-0.25, -0.2) is 14.4 Å². The van der Waals surface area contributed by atoms with E-state index in [2.05, 4.69) is 44.0 Å². The Morgan fingerprint density at radius 3 is 1.62 bits per heavy atom. The summed E-state index contributed by atoms with van der Waals surface area (Å²) >= 11 is 0. The zero-order chi connectivity index (χ0) is 65.9. The van der Waals surface area contributed by atoms with Crippen LogP contribution in [0.25, 0.3) is 11.1 Å². The average Bonchev–Trinajstić information content (AvgIpc) is 1.77. The molecule has 0 spiro atoms. The van der Waals surface area contributed by atoms with Gasteiger partial charge in [0.1, 0.15) is 44.0 Å². The van der Waals surface area contributed by atoms with Crippen molar-refractivity contribution in [2.45, 2.75) is 179 Å². The van der Waals surface area contributed by atoms with E-state index in [-0.39, 0.29) is 110 Å². The third-order valence-corrected chi connectivity index (χ3v) is 14.7. The zero-order valence-electron chi connectivity index (χ0n) is 53.3. The maximum atomic E-state index is 14.2. The van der Waals surface area contributed by atoms with E-state index in [4.69, 9.17) is 38.9 Å². The molecule has 4 rings (SSSR count). The number of fused-ring (bicyclic) bond motifs is 3. The third kappa shape index (κ3) is 30.6. The van der Waals surface area contributed by atoms with Crippen LogP contribution in [0.1, 0.15) is 165 Å². The lowest BCUT2D eigenvalue weighted by Gasteiger charge is -2.23. The number of hydrogen-bond acceptors (Lipinski definition) is 18. The molecule has 6 amide bonds. The van der Waals surface area contributed by atoms with Gasteiger partial charge in [-0.15, -0.1) is 0 Å². The standard InChI is InChI=1S/C67H97N7O17/c1-4-7-39-87-61(78)34-31-56(65(82)89-41-9-6-3)73-59(76)33-30-55(64(81)74-57(32-35-62(79)88-40-8-5-2)66(83)90-45-48-22-12-10-13-23-48)72-60(77)47-86-44-43-85-42-38-69-63(80)54(71-58(75)29-14-11-20-36-68)28-19-21-37-70-67(84)91-46-53-51-26-17-15-24-49(51)50-25-16-18-27-52(50)53/h10,12-13,15-18,22-27,53-57H,4-9,11,14,19-21,28-47,68H2,1-3H3,(H,69,80)(H,70,84)(H,71,75)(H,72,77)(H,73,76)(H,74,81). The molecular weight excluding hydrogens is 1170 g/mol. The predicted molar refractivity (Wildman–Crippen MR) is 338 cm³/mol. The topological polar surface area (TPSA) is 334 Å². The Bertz CT molecular complexity index is 2670. The number of nitrogens with two attached hydrogens (primary N) is 1. The molecule has 3 aromatic rings. The van der Waals surface area contributed by atoms with Crippen molar-refractivity contribution in [3.63, 3.8) is 0 Å². The number of amides is 6. The van der Waals surface area contributed by atoms with Crippen molar-refractivity contribution in [1.29, 1.82) is 0 Å². The number of ether oxygens (including phenoxy) is 7. The number of carbonyl (C=O) groups excluding carboxylic acids is 10. The minimum atomic E-state index is -1.47. The number of unbranched alkanes of at least 4 members (excludes halogenated alkanes) is 6. The van der Waals surface area contributed by atoms with Crippen LogP contribution in [0.15, 0.2) is 78.9 Å². The van der Waals surface area contributed by atoms with Crippen molar-refractivity contribution < 1.29 is 81.1 Å². The molecule has 24 heteroatoms. The first kappa shape index (κ1) is 75.5. The molecule has 4 atom stereocenters. The fourth-order valence-corrected chi connectivity index (χ4v) is 9.60. The predicted octanol–water partition coefficient (Wildman–Crippen LogP) is 6.42. The highest BCUT2D eigenvalue weighted by atomic mass is 16.6. The lowest BCUT2D eigenvalue weighted by molar-refractivity contribution is -0.151. The summed E-state index contributed by atoms with van der Waals surface area (Å²) in [7, 11) is 0. The third-order valence-electron chi connectivity index (χ3n) is 14.7. The Kier molecular flexibility index (Phi) is 37.6. The average molecular weight is 1270 g/mol. The molecule has 0 saturated carbocycles. The highest BCUT2D eigenvalue weighted by Crippen LogP contribution is 2.44. The Labute approximate surface area is 534 Å². The summed E-state index contributed by atoms with van der Waals surface area (Å²) in [5.41, 5.74) is 10.7. The maximum Gasteiger partial charge on any atom is 0.407 e. The summed E-state index contributed by atoms with van der Waals surface area (Å²) in [6.07, 6.45) is 5.74. The van der Waals surface area contributed by atoms with Gasteiger partial charge in [0.05, 0.1) is 39.6 Å². The van der Waals surface area contributed by atoms with Crippen LogP contribution in [-0.2, 0) is 82.9 Å². The van der Waals surface area contributed by atoms with Gasteiger partial charge in [0.2, 0.25) is 29.5 Å². The van der Waals surface area contributed by atoms with E-state index in [1.807, 2.05) is 57.2 Å². The van der Waals surface area contributed by atoms with Gasteiger partial charge in [0.25, 0.3) is 0 Å². The van der Waals surface area contributed by atoms with E-state index >= 15 is 0 Å². The molecule has 4 unspecified atom stereocenters. The molecule has 0 saturated heterocycles. The summed E-state index contributed by atoms with van der Waals surface area (Å²) in [6, 6.07) is 20.0. The van der Waals surface area contributed by atoms with Crippen molar-refractivity contribution in [1.82, 2.24) is 31.9 Å². The summed E-state index contributed by atoms with van der Waals surface area (Å²) < 4.78 is 38.3. The molecule has 0 bridgehead atoms. The summed E-state index contributed by atoms with van der Waals surface area (Å²) in [5, 5.41) is 16.2. The fraction of sp³-hybridized carbons (Fsp3) is 0.582. The normalized spacial score (nSPS) is 12.7. The van der Waals surface area contributed by atoms with E-state index in [0.717, 1.165) is 54.4 Å². The van der Waals surface area contributed by atoms with Crippen molar-refractivity contribution >= 4 is 59.5 Å². The van der Waals surface area contributed by atoms with E-state index in [1.165, 1.54) is 0 Å². The molecule has 1 aliphatic rings. The summed E-state index contributed by atoms with van der Waals surface area (Å²) in [4.78, 5) is 132. The first-order valence-corrected chi connectivity index (χ1v) is 32.3. The van der Waals surface area contributed by atoms with Crippen molar-refractivity contribution in [2.24, 2.45) is 5.73 Å². The van der Waals surface area contributed by atoms with Crippen LogP contribution in [0.4, 0.5) is 4.79 Å². The lowest BCUT2D eigenvalue weighted by Crippen LogP contribution is -2.53. The monoisotopic (exact) mass is 1270 g/mol. The summed E-state index contributed by atoms with van der Waals surface area (Å²) in [6.45, 7) is 6.52. The highest BCUT2D eigenvalue weighted by molar-refractivity contribution is 5.92. The molecular formula is C67H97N7O17. The number of rotatable bonds is 48. The van der Waals surface area contributed by atoms with Gasteiger partial charge >= 0.3 is 30.0 Å². The zero-order valence-corrected chi connectivity index (χ0v) is 53.3. The second kappa shape index (κ2) is 45.3. The van der Waals surface area contributed by atoms with Gasteiger partial charge in [0.15, 0.2) is 0 Å². The van der Waals surface area contributed by atoms with Gasteiger partial charge in [0, 0.05) is 44.7 Å². The quantitative estimate of drug-likeness (QED) is 0.0182. The molecule has 0 aromatic heterocycles. The number of nitrogens with one attached hydrogen (secondary N) is 6. The van der Waals surface area contributed by atoms with Crippen molar-refractivity contribution in [3.8, 4) is 11.1 Å². The maximum absolute atomic E-state index is 14.2. The Morgan fingerprint density at radius 1 is 0.440 bits per heavy atom. The van der Waals surface area contributed by atoms with Crippen LogP contribution in [0, 0.1) is 0 Å². The number of esters is 4. The molecule has 0 fully saturated rings. The Hall–Kier alpha value is -7.96. The van der Waals surface area contributed by atoms with E-state index in [9.17, 15) is 47.9 Å². The van der Waals surface area contributed by atoms with Crippen molar-refractivity contribution in [2.75, 3.05) is 72.5 Å². The van der Waals surface area contributed by atoms with E-state index in [1.54, 1.807) is 30.3 Å². The van der Waals surface area contributed by atoms with Crippen LogP contribution < -0.4 is 37.6 Å². The highest BCUT2D eigenvalue weighted by Gasteiger charge is 2.32. The molecule has 1 aliphatic carbocycles. The first-order valence-electron chi connectivity index (χ1n) is 32.3. The van der Waals surface area contributed by atoms with Gasteiger partial charge in [-0.3, -0.25) is 33.6 Å². The minimum Gasteiger partial charge on any atom is -0.466 e. The largest absolute Gasteiger partial charge is 0.466 e. The first-order chi connectivity index (χ1) is 44.2. The molecule has 0 heterocycles. The smallest absolute Gasteiger partial charge is 0.407 e. The van der Waals surface area contributed by atoms with Crippen LogP contribution >= 0.6 is 0 Å². The number of hydrogen-bond donors (Lipinski definition) is 7. The Morgan fingerprint density at radius 2 is 0.978 bits per heavy atom. The molecule has 91 heavy (non-hydrogen) atoms. The van der Waals surface area contributed by atoms with E-state index in [0.29, 0.717) is 63.6 Å². The lowest BCUT2D eigenvalue weighted by atomic mass is 9.98. The fourth-order valence-electron chi connectivity index (χ4n) is 9.60. The van der Waals surface area contributed by atoms with Crippen LogP contribution in [0.3, 0.4) is 0 Å². The summed E-state index contributed by atoms with van der Waals surface area (Å²) in [5.74, 6) is -5.95. The van der Waals surface area contributed by atoms with Gasteiger partial charge < -0.3 is 70.8 Å². The molecule has 3 aromatic carbocycles. The van der Waals surface area contributed by atoms with Gasteiger partial charge in [-0.2, -0.15) is 0 Å². The number of alkyl carbamates (subject to hydrolysis) is 1. The molecule has 0 radical (unpaired) electrons. The number of carbonyl (C=O) groups is 10. The van der Waals surface area contributed by atoms with Crippen LogP contribution in [0.2, 0.25) is 0 Å². The van der Waals surface area contributed by atoms with Crippen LogP contribution in [-0.4, -0.2) is 156 Å². The SMILES string of the molecule is CCCCOC(=O)CCC(NC(=O)CCC(NC(=O)COCCOCCNC(=O)C(CCCCNC(=O)OCC1c2ccccc2-c2ccccc21)NC(=O)CCCCCN)C(=O)NC(CCC(=O)OCCCC)C(=O)OCc1ccccc1)C(=O)OCCCC.